The molecule has 0 radical (unpaired) electrons. The zero-order valence-electron chi connectivity index (χ0n) is 11.6. The number of carbonyl (C=O) groups excluding carboxylic acids is 2. The molecule has 1 atom stereocenters. The molecule has 1 fully saturated rings. The van der Waals surface area contributed by atoms with Crippen molar-refractivity contribution in [1.29, 1.82) is 0 Å². The Labute approximate surface area is 132 Å². The number of aliphatic hydroxyl groups excluding tert-OH is 1. The van der Waals surface area contributed by atoms with Crippen LogP contribution in [0.25, 0.3) is 0 Å². The van der Waals surface area contributed by atoms with E-state index in [0.29, 0.717) is 7.16 Å². The van der Waals surface area contributed by atoms with E-state index in [9.17, 15) is 14.7 Å². The molecule has 2 aromatic carbocycles. The summed E-state index contributed by atoms with van der Waals surface area (Å²) in [4.78, 5) is 24.1. The summed E-state index contributed by atoms with van der Waals surface area (Å²) in [6, 6.07) is 18.1. The second-order valence-electron chi connectivity index (χ2n) is 4.96. The van der Waals surface area contributed by atoms with Gasteiger partial charge in [0.15, 0.2) is 0 Å². The van der Waals surface area contributed by atoms with Gasteiger partial charge in [0.2, 0.25) is 0 Å². The molecule has 2 aromatic rings. The molecule has 6 heteroatoms. The van der Waals surface area contributed by atoms with Crippen molar-refractivity contribution in [1.82, 2.24) is 0 Å². The van der Waals surface area contributed by atoms with Gasteiger partial charge in [0.1, 0.15) is 0 Å². The molecule has 1 unspecified atom stereocenters. The molecule has 1 heterocycles. The molecule has 0 saturated carbocycles. The van der Waals surface area contributed by atoms with Crippen LogP contribution in [0.3, 0.4) is 0 Å². The zero-order valence-corrected chi connectivity index (χ0v) is 14.5. The van der Waals surface area contributed by atoms with Gasteiger partial charge in [-0.15, -0.1) is 0 Å². The van der Waals surface area contributed by atoms with Gasteiger partial charge >= 0.3 is 132 Å². The first-order valence-electron chi connectivity index (χ1n) is 6.85. The summed E-state index contributed by atoms with van der Waals surface area (Å²) in [5.41, 5.74) is 0. The summed E-state index contributed by atoms with van der Waals surface area (Å²) in [5.74, 6) is -1.41. The van der Waals surface area contributed by atoms with E-state index in [1.165, 1.54) is 0 Å². The van der Waals surface area contributed by atoms with E-state index in [2.05, 4.69) is 0 Å². The van der Waals surface area contributed by atoms with Crippen molar-refractivity contribution in [3.63, 3.8) is 0 Å². The van der Waals surface area contributed by atoms with Crippen LogP contribution >= 0.6 is 0 Å². The average molecular weight is 405 g/mol. The molecule has 3 rings (SSSR count). The molecule has 0 spiro atoms. The van der Waals surface area contributed by atoms with Gasteiger partial charge in [-0.2, -0.15) is 0 Å². The molecular weight excluding hydrogens is 391 g/mol. The Morgan fingerprint density at radius 3 is 1.86 bits per heavy atom. The summed E-state index contributed by atoms with van der Waals surface area (Å²) < 4.78 is 12.7. The van der Waals surface area contributed by atoms with Crippen LogP contribution in [0.15, 0.2) is 60.7 Å². The molecule has 112 valence electrons. The van der Waals surface area contributed by atoms with Crippen LogP contribution in [-0.4, -0.2) is 42.4 Å². The van der Waals surface area contributed by atoms with Crippen LogP contribution < -0.4 is 7.16 Å². The second-order valence-corrected chi connectivity index (χ2v) is 12.9. The van der Waals surface area contributed by atoms with Crippen molar-refractivity contribution >= 4 is 38.3 Å². The van der Waals surface area contributed by atoms with Crippen LogP contribution in [0.2, 0.25) is 0 Å². The van der Waals surface area contributed by atoms with E-state index in [1.807, 2.05) is 12.1 Å². The topological polar surface area (TPSA) is 72.8 Å². The maximum absolute atomic E-state index is 12.1. The molecule has 0 amide bonds. The summed E-state index contributed by atoms with van der Waals surface area (Å²) in [6.45, 7) is 0. The Hall–Kier alpha value is -1.86. The number of benzene rings is 2. The van der Waals surface area contributed by atoms with Gasteiger partial charge in [-0.25, -0.2) is 0 Å². The molecule has 22 heavy (non-hydrogen) atoms. The molecule has 0 aliphatic carbocycles. The molecule has 1 aliphatic heterocycles. The first kappa shape index (κ1) is 15.1. The van der Waals surface area contributed by atoms with Gasteiger partial charge in [-0.05, 0) is 0 Å². The quantitative estimate of drug-likeness (QED) is 0.718. The van der Waals surface area contributed by atoms with Crippen LogP contribution in [0.4, 0.5) is 0 Å². The van der Waals surface area contributed by atoms with E-state index < -0.39 is 37.2 Å². The average Bonchev–Trinajstić information content (AvgIpc) is 2.66. The van der Waals surface area contributed by atoms with Crippen molar-refractivity contribution in [2.75, 3.05) is 0 Å². The molecule has 5 nitrogen and oxygen atoms in total. The number of hydrogen-bond donors (Lipinski definition) is 1. The Morgan fingerprint density at radius 1 is 0.864 bits per heavy atom. The number of hydrogen-bond acceptors (Lipinski definition) is 5. The zero-order chi connectivity index (χ0) is 15.6. The van der Waals surface area contributed by atoms with Gasteiger partial charge in [0, 0.05) is 0 Å². The Kier molecular flexibility index (Phi) is 4.17. The predicted molar refractivity (Wildman–Crippen MR) is 80.7 cm³/mol. The molecule has 0 bridgehead atoms. The van der Waals surface area contributed by atoms with Crippen molar-refractivity contribution in [3.05, 3.63) is 60.7 Å². The van der Waals surface area contributed by atoms with Gasteiger partial charge in [-0.3, -0.25) is 0 Å². The fourth-order valence-electron chi connectivity index (χ4n) is 2.39. The van der Waals surface area contributed by atoms with Crippen molar-refractivity contribution in [3.8, 4) is 0 Å². The number of carbonyl (C=O) groups is 2. The van der Waals surface area contributed by atoms with Crippen LogP contribution in [0, 0.1) is 0 Å². The van der Waals surface area contributed by atoms with Crippen molar-refractivity contribution in [2.45, 2.75) is 12.5 Å². The summed E-state index contributed by atoms with van der Waals surface area (Å²) >= 11 is -4.45. The van der Waals surface area contributed by atoms with E-state index >= 15 is 0 Å². The third-order valence-electron chi connectivity index (χ3n) is 3.44. The van der Waals surface area contributed by atoms with E-state index in [0.717, 1.165) is 0 Å². The minimum atomic E-state index is -4.45. The second kappa shape index (κ2) is 6.10. The van der Waals surface area contributed by atoms with E-state index in [-0.39, 0.29) is 6.42 Å². The summed E-state index contributed by atoms with van der Waals surface area (Å²) in [6.07, 6.45) is -1.85. The summed E-state index contributed by atoms with van der Waals surface area (Å²) in [5, 5.41) is 9.71. The fraction of sp³-hybridized carbons (Fsp3) is 0.125. The SMILES string of the molecule is O=C1CC(O)C(=O)[O][Sn]([c]2ccccc2)([c]2ccccc2)[O]1. The van der Waals surface area contributed by atoms with Crippen molar-refractivity contribution in [2.24, 2.45) is 0 Å². The van der Waals surface area contributed by atoms with E-state index in [1.54, 1.807) is 48.5 Å². The normalized spacial score (nSPS) is 20.7. The minimum absolute atomic E-state index is 0.378. The van der Waals surface area contributed by atoms with Crippen LogP contribution in [0.5, 0.6) is 0 Å². The molecule has 0 aromatic heterocycles. The van der Waals surface area contributed by atoms with Crippen LogP contribution in [0.1, 0.15) is 6.42 Å². The predicted octanol–water partition coefficient (Wildman–Crippen LogP) is 0.0940. The first-order chi connectivity index (χ1) is 10.6. The molecule has 1 N–H and O–H groups in total. The maximum atomic E-state index is 12.1. The van der Waals surface area contributed by atoms with E-state index in [4.69, 9.17) is 6.15 Å². The third-order valence-corrected chi connectivity index (χ3v) is 12.5. The van der Waals surface area contributed by atoms with Gasteiger partial charge in [0.25, 0.3) is 0 Å². The molecular formula is C16H14O5Sn. The van der Waals surface area contributed by atoms with Crippen molar-refractivity contribution < 1.29 is 20.8 Å². The van der Waals surface area contributed by atoms with Gasteiger partial charge < -0.3 is 0 Å². The number of aliphatic hydroxyl groups is 1. The Bertz CT molecular complexity index is 647. The first-order valence-corrected chi connectivity index (χ1v) is 12.0. The monoisotopic (exact) mass is 406 g/mol. The van der Waals surface area contributed by atoms with Gasteiger partial charge in [-0.1, -0.05) is 0 Å². The van der Waals surface area contributed by atoms with Gasteiger partial charge in [0.05, 0.1) is 0 Å². The Balaban J connectivity index is 2.19. The fourth-order valence-corrected chi connectivity index (χ4v) is 10.8. The van der Waals surface area contributed by atoms with Crippen LogP contribution in [-0.2, 0) is 15.7 Å². The molecule has 1 saturated heterocycles. The standard InChI is InChI=1S/2C6H5.C4H6O5.Sn/c2*1-2-4-6-5-3-1;5-2(4(8)9)1-3(6)7;/h2*1-5H;2,5H,1H2,(H,6,7)(H,8,9);/q;;;+2/p-2. The Morgan fingerprint density at radius 2 is 1.36 bits per heavy atom. The molecule has 1 aliphatic rings. The number of rotatable bonds is 2. The summed E-state index contributed by atoms with van der Waals surface area (Å²) in [7, 11) is 0. The third kappa shape index (κ3) is 2.73.